The van der Waals surface area contributed by atoms with E-state index in [0.717, 1.165) is 24.5 Å². The molecule has 0 spiro atoms. The van der Waals surface area contributed by atoms with Crippen molar-refractivity contribution in [3.05, 3.63) is 30.3 Å². The van der Waals surface area contributed by atoms with Crippen molar-refractivity contribution < 1.29 is 5.11 Å². The van der Waals surface area contributed by atoms with Crippen molar-refractivity contribution in [3.63, 3.8) is 0 Å². The van der Waals surface area contributed by atoms with E-state index < -0.39 is 0 Å². The van der Waals surface area contributed by atoms with Gasteiger partial charge in [0.2, 0.25) is 0 Å². The average molecular weight is 238 g/mol. The van der Waals surface area contributed by atoms with Gasteiger partial charge in [0, 0.05) is 10.6 Å². The molecular formula is C14H22OS. The molecule has 1 atom stereocenters. The van der Waals surface area contributed by atoms with Crippen LogP contribution in [0.3, 0.4) is 0 Å². The van der Waals surface area contributed by atoms with Gasteiger partial charge < -0.3 is 5.11 Å². The molecule has 0 bridgehead atoms. The summed E-state index contributed by atoms with van der Waals surface area (Å²) in [5, 5.41) is 9.80. The molecule has 0 aliphatic heterocycles. The van der Waals surface area contributed by atoms with Crippen LogP contribution in [-0.2, 0) is 0 Å². The highest BCUT2D eigenvalue weighted by atomic mass is 32.2. The predicted molar refractivity (Wildman–Crippen MR) is 71.9 cm³/mol. The molecule has 0 amide bonds. The summed E-state index contributed by atoms with van der Waals surface area (Å²) in [6.45, 7) is 4.45. The van der Waals surface area contributed by atoms with Crippen molar-refractivity contribution >= 4 is 11.8 Å². The maximum absolute atomic E-state index is 9.80. The first kappa shape index (κ1) is 13.6. The lowest BCUT2D eigenvalue weighted by Crippen LogP contribution is -2.09. The second-order valence-corrected chi connectivity index (χ2v) is 5.70. The molecule has 0 saturated heterocycles. The Labute approximate surface area is 103 Å². The summed E-state index contributed by atoms with van der Waals surface area (Å²) in [7, 11) is 0. The van der Waals surface area contributed by atoms with Crippen molar-refractivity contribution in [2.75, 3.05) is 5.75 Å². The number of thioether (sulfide) groups is 1. The van der Waals surface area contributed by atoms with Crippen molar-refractivity contribution in [1.29, 1.82) is 0 Å². The molecule has 1 N–H and O–H groups in total. The van der Waals surface area contributed by atoms with Crippen LogP contribution in [0.5, 0.6) is 0 Å². The Morgan fingerprint density at radius 3 is 2.44 bits per heavy atom. The van der Waals surface area contributed by atoms with E-state index in [9.17, 15) is 5.11 Å². The van der Waals surface area contributed by atoms with E-state index in [1.165, 1.54) is 11.3 Å². The summed E-state index contributed by atoms with van der Waals surface area (Å²) >= 11 is 1.74. The van der Waals surface area contributed by atoms with Gasteiger partial charge in [0.1, 0.15) is 0 Å². The van der Waals surface area contributed by atoms with Crippen LogP contribution in [0.2, 0.25) is 0 Å². The molecule has 0 aliphatic carbocycles. The maximum Gasteiger partial charge on any atom is 0.0634 e. The topological polar surface area (TPSA) is 20.2 Å². The number of aliphatic hydroxyl groups is 1. The lowest BCUT2D eigenvalue weighted by molar-refractivity contribution is 0.183. The number of aliphatic hydroxyl groups excluding tert-OH is 1. The molecule has 1 rings (SSSR count). The zero-order valence-corrected chi connectivity index (χ0v) is 11.0. The third-order valence-corrected chi connectivity index (χ3v) is 3.66. The predicted octanol–water partition coefficient (Wildman–Crippen LogP) is 3.97. The summed E-state index contributed by atoms with van der Waals surface area (Å²) in [5.74, 6) is 1.55. The summed E-state index contributed by atoms with van der Waals surface area (Å²) in [4.78, 5) is 1.24. The van der Waals surface area contributed by atoms with Crippen molar-refractivity contribution in [1.82, 2.24) is 0 Å². The van der Waals surface area contributed by atoms with Crippen LogP contribution in [0.25, 0.3) is 0 Å². The van der Waals surface area contributed by atoms with Crippen LogP contribution in [0.1, 0.15) is 33.1 Å². The zero-order valence-electron chi connectivity index (χ0n) is 10.2. The van der Waals surface area contributed by atoms with Crippen molar-refractivity contribution in [2.45, 2.75) is 44.1 Å². The fourth-order valence-corrected chi connectivity index (χ4v) is 2.46. The Morgan fingerprint density at radius 2 is 1.81 bits per heavy atom. The second-order valence-electron chi connectivity index (χ2n) is 4.60. The number of hydrogen-bond acceptors (Lipinski definition) is 2. The molecule has 1 aromatic carbocycles. The van der Waals surface area contributed by atoms with Crippen molar-refractivity contribution in [2.24, 2.45) is 5.92 Å². The third kappa shape index (κ3) is 6.19. The molecule has 0 aromatic heterocycles. The molecule has 0 saturated carbocycles. The summed E-state index contributed by atoms with van der Waals surface area (Å²) in [6.07, 6.45) is 3.11. The zero-order chi connectivity index (χ0) is 11.8. The van der Waals surface area contributed by atoms with E-state index in [2.05, 4.69) is 26.0 Å². The van der Waals surface area contributed by atoms with E-state index in [1.807, 2.05) is 18.2 Å². The normalized spacial score (nSPS) is 13.0. The minimum absolute atomic E-state index is 0.163. The van der Waals surface area contributed by atoms with E-state index in [4.69, 9.17) is 0 Å². The Kier molecular flexibility index (Phi) is 6.58. The lowest BCUT2D eigenvalue weighted by atomic mass is 10.1. The molecular weight excluding hydrogens is 216 g/mol. The Morgan fingerprint density at radius 1 is 1.12 bits per heavy atom. The Bertz CT molecular complexity index is 271. The molecule has 0 aliphatic rings. The first-order valence-electron chi connectivity index (χ1n) is 6.04. The quantitative estimate of drug-likeness (QED) is 0.725. The molecule has 2 heteroatoms. The fraction of sp³-hybridized carbons (Fsp3) is 0.571. The lowest BCUT2D eigenvalue weighted by Gasteiger charge is -2.11. The van der Waals surface area contributed by atoms with Gasteiger partial charge in [-0.15, -0.1) is 11.8 Å². The highest BCUT2D eigenvalue weighted by Gasteiger charge is 2.05. The van der Waals surface area contributed by atoms with Crippen LogP contribution in [0, 0.1) is 5.92 Å². The molecule has 1 nitrogen and oxygen atoms in total. The average Bonchev–Trinajstić information content (AvgIpc) is 2.27. The number of benzene rings is 1. The summed E-state index contributed by atoms with van der Waals surface area (Å²) in [6, 6.07) is 10.3. The second kappa shape index (κ2) is 7.75. The molecule has 16 heavy (non-hydrogen) atoms. The van der Waals surface area contributed by atoms with Crippen LogP contribution in [0.4, 0.5) is 0 Å². The van der Waals surface area contributed by atoms with Gasteiger partial charge >= 0.3 is 0 Å². The minimum Gasteiger partial charge on any atom is -0.392 e. The molecule has 1 aromatic rings. The largest absolute Gasteiger partial charge is 0.392 e. The van der Waals surface area contributed by atoms with Gasteiger partial charge in [-0.1, -0.05) is 44.9 Å². The highest BCUT2D eigenvalue weighted by molar-refractivity contribution is 7.99. The van der Waals surface area contributed by atoms with Crippen LogP contribution >= 0.6 is 11.8 Å². The smallest absolute Gasteiger partial charge is 0.0634 e. The molecule has 0 heterocycles. The monoisotopic (exact) mass is 238 g/mol. The van der Waals surface area contributed by atoms with Gasteiger partial charge in [-0.2, -0.15) is 0 Å². The SMILES string of the molecule is CC(C)CCCC(O)CSc1ccccc1. The van der Waals surface area contributed by atoms with Gasteiger partial charge in [0.05, 0.1) is 6.10 Å². The fourth-order valence-electron chi connectivity index (χ4n) is 1.55. The van der Waals surface area contributed by atoms with Gasteiger partial charge in [-0.05, 0) is 24.5 Å². The number of rotatable bonds is 7. The maximum atomic E-state index is 9.80. The summed E-state index contributed by atoms with van der Waals surface area (Å²) < 4.78 is 0. The summed E-state index contributed by atoms with van der Waals surface area (Å²) in [5.41, 5.74) is 0. The van der Waals surface area contributed by atoms with Crippen LogP contribution in [0.15, 0.2) is 35.2 Å². The van der Waals surface area contributed by atoms with Crippen LogP contribution in [-0.4, -0.2) is 17.0 Å². The van der Waals surface area contributed by atoms with Gasteiger partial charge in [0.25, 0.3) is 0 Å². The van der Waals surface area contributed by atoms with Gasteiger partial charge in [-0.3, -0.25) is 0 Å². The highest BCUT2D eigenvalue weighted by Crippen LogP contribution is 2.19. The van der Waals surface area contributed by atoms with Gasteiger partial charge in [-0.25, -0.2) is 0 Å². The number of hydrogen-bond donors (Lipinski definition) is 1. The molecule has 0 radical (unpaired) electrons. The van der Waals surface area contributed by atoms with Crippen LogP contribution < -0.4 is 0 Å². The Balaban J connectivity index is 2.13. The van der Waals surface area contributed by atoms with E-state index in [0.29, 0.717) is 0 Å². The third-order valence-electron chi connectivity index (χ3n) is 2.50. The Hall–Kier alpha value is -0.470. The van der Waals surface area contributed by atoms with E-state index in [1.54, 1.807) is 11.8 Å². The minimum atomic E-state index is -0.163. The van der Waals surface area contributed by atoms with Gasteiger partial charge in [0.15, 0.2) is 0 Å². The first-order chi connectivity index (χ1) is 7.68. The standard InChI is InChI=1S/C14H22OS/c1-12(2)7-6-8-13(15)11-16-14-9-4-3-5-10-14/h3-5,9-10,12-13,15H,6-8,11H2,1-2H3. The van der Waals surface area contributed by atoms with E-state index in [-0.39, 0.29) is 6.10 Å². The van der Waals surface area contributed by atoms with E-state index >= 15 is 0 Å². The molecule has 0 fully saturated rings. The van der Waals surface area contributed by atoms with Crippen molar-refractivity contribution in [3.8, 4) is 0 Å². The molecule has 90 valence electrons. The molecule has 1 unspecified atom stereocenters. The first-order valence-corrected chi connectivity index (χ1v) is 7.03.